The molecule has 2 aliphatic heterocycles. The van der Waals surface area contributed by atoms with Crippen LogP contribution in [-0.4, -0.2) is 44.9 Å². The number of benzene rings is 1. The van der Waals surface area contributed by atoms with Gasteiger partial charge in [0.1, 0.15) is 0 Å². The summed E-state index contributed by atoms with van der Waals surface area (Å²) < 4.78 is 11.5. The summed E-state index contributed by atoms with van der Waals surface area (Å²) in [5.41, 5.74) is 1.08. The fourth-order valence-corrected chi connectivity index (χ4v) is 3.12. The zero-order chi connectivity index (χ0) is 15.2. The molecule has 2 N–H and O–H groups in total. The molecule has 22 heavy (non-hydrogen) atoms. The van der Waals surface area contributed by atoms with Gasteiger partial charge >= 0.3 is 0 Å². The molecule has 2 saturated heterocycles. The van der Waals surface area contributed by atoms with Crippen molar-refractivity contribution in [3.8, 4) is 0 Å². The lowest BCUT2D eigenvalue weighted by Gasteiger charge is -2.32. The molecule has 0 bridgehead atoms. The first-order valence-corrected chi connectivity index (χ1v) is 8.11. The Morgan fingerprint density at radius 3 is 2.86 bits per heavy atom. The highest BCUT2D eigenvalue weighted by Crippen LogP contribution is 2.33. The van der Waals surface area contributed by atoms with Gasteiger partial charge in [0.2, 0.25) is 5.91 Å². The maximum absolute atomic E-state index is 12.6. The summed E-state index contributed by atoms with van der Waals surface area (Å²) in [6, 6.07) is 10.0. The van der Waals surface area contributed by atoms with Crippen molar-refractivity contribution in [1.29, 1.82) is 0 Å². The van der Waals surface area contributed by atoms with Gasteiger partial charge in [-0.05, 0) is 18.4 Å². The van der Waals surface area contributed by atoms with E-state index in [1.54, 1.807) is 0 Å². The summed E-state index contributed by atoms with van der Waals surface area (Å²) >= 11 is 0. The largest absolute Gasteiger partial charge is 0.374 e. The summed E-state index contributed by atoms with van der Waals surface area (Å²) in [7, 11) is 0. The minimum Gasteiger partial charge on any atom is -0.374 e. The number of hydrogen-bond donors (Lipinski definition) is 2. The lowest BCUT2D eigenvalue weighted by Crippen LogP contribution is -2.47. The van der Waals surface area contributed by atoms with Gasteiger partial charge in [0.05, 0.1) is 24.7 Å². The minimum absolute atomic E-state index is 0.0670. The van der Waals surface area contributed by atoms with E-state index >= 15 is 0 Å². The maximum atomic E-state index is 12.6. The van der Waals surface area contributed by atoms with Gasteiger partial charge in [-0.25, -0.2) is 0 Å². The summed E-state index contributed by atoms with van der Waals surface area (Å²) in [4.78, 5) is 12.6. The summed E-state index contributed by atoms with van der Waals surface area (Å²) in [6.45, 7) is 3.67. The average molecular weight is 304 g/mol. The summed E-state index contributed by atoms with van der Waals surface area (Å²) in [5.74, 6) is -0.0459. The fourth-order valence-electron chi connectivity index (χ4n) is 3.12. The third kappa shape index (κ3) is 3.85. The van der Waals surface area contributed by atoms with Crippen molar-refractivity contribution in [2.75, 3.05) is 32.8 Å². The number of carbonyl (C=O) groups excluding carboxylic acids is 1. The Hall–Kier alpha value is -1.43. The molecule has 3 atom stereocenters. The Kier molecular flexibility index (Phi) is 5.43. The van der Waals surface area contributed by atoms with E-state index in [0.717, 1.165) is 38.1 Å². The number of ether oxygens (including phenoxy) is 2. The molecule has 2 fully saturated rings. The first-order valence-electron chi connectivity index (χ1n) is 8.11. The quantitative estimate of drug-likeness (QED) is 0.879. The Labute approximate surface area is 131 Å². The van der Waals surface area contributed by atoms with E-state index in [4.69, 9.17) is 9.47 Å². The van der Waals surface area contributed by atoms with Gasteiger partial charge in [0.25, 0.3) is 0 Å². The zero-order valence-electron chi connectivity index (χ0n) is 12.8. The lowest BCUT2D eigenvalue weighted by atomic mass is 9.88. The third-order valence-corrected chi connectivity index (χ3v) is 4.30. The first kappa shape index (κ1) is 15.5. The molecule has 5 nitrogen and oxygen atoms in total. The van der Waals surface area contributed by atoms with Crippen LogP contribution in [0.5, 0.6) is 0 Å². The number of morpholine rings is 1. The Bertz CT molecular complexity index is 474. The van der Waals surface area contributed by atoms with Gasteiger partial charge in [-0.2, -0.15) is 0 Å². The van der Waals surface area contributed by atoms with Crippen molar-refractivity contribution >= 4 is 5.91 Å². The molecule has 0 aliphatic carbocycles. The molecule has 0 aromatic heterocycles. The fraction of sp³-hybridized carbons (Fsp3) is 0.588. The van der Waals surface area contributed by atoms with Gasteiger partial charge < -0.3 is 20.1 Å². The van der Waals surface area contributed by atoms with Crippen molar-refractivity contribution < 1.29 is 14.3 Å². The van der Waals surface area contributed by atoms with Crippen LogP contribution in [0.4, 0.5) is 0 Å². The van der Waals surface area contributed by atoms with E-state index < -0.39 is 0 Å². The van der Waals surface area contributed by atoms with Gasteiger partial charge in [-0.3, -0.25) is 4.79 Å². The van der Waals surface area contributed by atoms with E-state index in [1.165, 1.54) is 0 Å². The average Bonchev–Trinajstić information content (AvgIpc) is 2.61. The normalized spacial score (nSPS) is 29.0. The highest BCUT2D eigenvalue weighted by Gasteiger charge is 2.33. The zero-order valence-corrected chi connectivity index (χ0v) is 12.8. The molecule has 1 aromatic carbocycles. The van der Waals surface area contributed by atoms with Crippen LogP contribution in [0.15, 0.2) is 30.3 Å². The molecule has 3 unspecified atom stereocenters. The van der Waals surface area contributed by atoms with E-state index in [2.05, 4.69) is 10.6 Å². The number of amides is 1. The van der Waals surface area contributed by atoms with Crippen LogP contribution in [0, 0.1) is 5.92 Å². The smallest absolute Gasteiger partial charge is 0.226 e. The van der Waals surface area contributed by atoms with Crippen LogP contribution in [0.1, 0.15) is 24.5 Å². The van der Waals surface area contributed by atoms with Crippen LogP contribution >= 0.6 is 0 Å². The summed E-state index contributed by atoms with van der Waals surface area (Å²) in [6.07, 6.45) is 1.73. The second-order valence-corrected chi connectivity index (χ2v) is 5.89. The molecule has 0 radical (unpaired) electrons. The van der Waals surface area contributed by atoms with Crippen molar-refractivity contribution in [1.82, 2.24) is 10.6 Å². The van der Waals surface area contributed by atoms with E-state index in [-0.39, 0.29) is 24.0 Å². The molecule has 0 saturated carbocycles. The minimum atomic E-state index is -0.139. The van der Waals surface area contributed by atoms with Crippen LogP contribution in [0.25, 0.3) is 0 Å². The van der Waals surface area contributed by atoms with Gasteiger partial charge in [0.15, 0.2) is 0 Å². The first-order chi connectivity index (χ1) is 10.8. The predicted octanol–water partition coefficient (Wildman–Crippen LogP) is 1.26. The molecule has 1 aromatic rings. The van der Waals surface area contributed by atoms with Crippen molar-refractivity contribution in [3.63, 3.8) is 0 Å². The molecule has 2 heterocycles. The van der Waals surface area contributed by atoms with Crippen LogP contribution in [-0.2, 0) is 14.3 Å². The van der Waals surface area contributed by atoms with E-state index in [1.807, 2.05) is 30.3 Å². The van der Waals surface area contributed by atoms with E-state index in [0.29, 0.717) is 13.2 Å². The van der Waals surface area contributed by atoms with Gasteiger partial charge in [0, 0.05) is 26.2 Å². The highest BCUT2D eigenvalue weighted by molar-refractivity contribution is 5.79. The lowest BCUT2D eigenvalue weighted by molar-refractivity contribution is -0.135. The topological polar surface area (TPSA) is 59.6 Å². The van der Waals surface area contributed by atoms with Crippen molar-refractivity contribution in [2.24, 2.45) is 5.92 Å². The number of hydrogen-bond acceptors (Lipinski definition) is 4. The second kappa shape index (κ2) is 7.72. The monoisotopic (exact) mass is 304 g/mol. The molecule has 120 valence electrons. The molecular formula is C17H24N2O3. The SMILES string of the molecule is O=C(NCC1CNCCO1)C1CCCOC1c1ccccc1. The molecule has 3 rings (SSSR count). The summed E-state index contributed by atoms with van der Waals surface area (Å²) in [5, 5.41) is 6.31. The van der Waals surface area contributed by atoms with Crippen molar-refractivity contribution in [3.05, 3.63) is 35.9 Å². The standard InChI is InChI=1S/C17H24N2O3/c20-17(19-12-14-11-18-8-10-21-14)15-7-4-9-22-16(15)13-5-2-1-3-6-13/h1-3,5-6,14-16,18H,4,7-12H2,(H,19,20). The Morgan fingerprint density at radius 1 is 1.23 bits per heavy atom. The molecular weight excluding hydrogens is 280 g/mol. The molecule has 0 spiro atoms. The Morgan fingerprint density at radius 2 is 2.09 bits per heavy atom. The molecule has 1 amide bonds. The van der Waals surface area contributed by atoms with Crippen LogP contribution in [0.3, 0.4) is 0 Å². The number of nitrogens with one attached hydrogen (secondary N) is 2. The van der Waals surface area contributed by atoms with Crippen LogP contribution < -0.4 is 10.6 Å². The highest BCUT2D eigenvalue weighted by atomic mass is 16.5. The van der Waals surface area contributed by atoms with Crippen molar-refractivity contribution in [2.45, 2.75) is 25.0 Å². The molecule has 5 heteroatoms. The van der Waals surface area contributed by atoms with Gasteiger partial charge in [-0.1, -0.05) is 30.3 Å². The maximum Gasteiger partial charge on any atom is 0.226 e. The number of rotatable bonds is 4. The van der Waals surface area contributed by atoms with Crippen LogP contribution in [0.2, 0.25) is 0 Å². The predicted molar refractivity (Wildman–Crippen MR) is 83.5 cm³/mol. The Balaban J connectivity index is 1.59. The molecule has 2 aliphatic rings. The second-order valence-electron chi connectivity index (χ2n) is 5.89. The van der Waals surface area contributed by atoms with Gasteiger partial charge in [-0.15, -0.1) is 0 Å². The number of carbonyl (C=O) groups is 1. The van der Waals surface area contributed by atoms with E-state index in [9.17, 15) is 4.79 Å². The third-order valence-electron chi connectivity index (χ3n) is 4.30.